The van der Waals surface area contributed by atoms with E-state index in [0.29, 0.717) is 33.1 Å². The molecule has 32 heavy (non-hydrogen) atoms. The Bertz CT molecular complexity index is 1280. The summed E-state index contributed by atoms with van der Waals surface area (Å²) in [6.45, 7) is 1.95. The molecule has 3 aromatic heterocycles. The quantitative estimate of drug-likeness (QED) is 0.120. The van der Waals surface area contributed by atoms with Crippen molar-refractivity contribution in [3.63, 3.8) is 0 Å². The zero-order valence-electron chi connectivity index (χ0n) is 17.1. The largest absolute Gasteiger partial charge is 0.325 e. The Morgan fingerprint density at radius 3 is 2.59 bits per heavy atom. The van der Waals surface area contributed by atoms with Crippen LogP contribution in [0.4, 0.5) is 14.5 Å². The summed E-state index contributed by atoms with van der Waals surface area (Å²) in [4.78, 5) is 25.9. The highest BCUT2D eigenvalue weighted by molar-refractivity contribution is 8.00. The van der Waals surface area contributed by atoms with E-state index in [1.54, 1.807) is 24.7 Å². The molecule has 3 heterocycles. The lowest BCUT2D eigenvalue weighted by Gasteiger charge is -2.10. The Labute approximate surface area is 191 Å². The van der Waals surface area contributed by atoms with Gasteiger partial charge in [-0.15, -0.1) is 0 Å². The maximum Gasteiger partial charge on any atom is 0.214 e. The van der Waals surface area contributed by atoms with Crippen LogP contribution >= 0.6 is 23.7 Å². The Hall–Kier alpha value is -3.05. The molecule has 2 N–H and O–H groups in total. The van der Waals surface area contributed by atoms with Gasteiger partial charge in [0.15, 0.2) is 16.6 Å². The minimum Gasteiger partial charge on any atom is -0.325 e. The number of aromatic amines is 1. The first-order valence-corrected chi connectivity index (χ1v) is 11.9. The van der Waals surface area contributed by atoms with Crippen molar-refractivity contribution in [1.29, 1.82) is 0 Å². The fourth-order valence-electron chi connectivity index (χ4n) is 2.98. The van der Waals surface area contributed by atoms with Gasteiger partial charge in [0, 0.05) is 35.5 Å². The van der Waals surface area contributed by atoms with E-state index in [9.17, 15) is 9.18 Å². The van der Waals surface area contributed by atoms with E-state index >= 15 is 4.39 Å². The summed E-state index contributed by atoms with van der Waals surface area (Å²) in [6.07, 6.45) is 7.63. The zero-order chi connectivity index (χ0) is 22.7. The molecule has 164 valence electrons. The minimum atomic E-state index is -0.952. The second-order valence-corrected chi connectivity index (χ2v) is 8.39. The SMILES string of the molecule is CCCSNc1c(F)ccc(C(=O)c2[nH]nc3ncc(-c4cnc(SC)nc4)cc23)c1F. The van der Waals surface area contributed by atoms with Gasteiger partial charge in [-0.3, -0.25) is 9.89 Å². The Morgan fingerprint density at radius 2 is 1.88 bits per heavy atom. The summed E-state index contributed by atoms with van der Waals surface area (Å²) >= 11 is 2.60. The predicted octanol–water partition coefficient (Wildman–Crippen LogP) is 5.12. The van der Waals surface area contributed by atoms with E-state index < -0.39 is 17.4 Å². The summed E-state index contributed by atoms with van der Waals surface area (Å²) in [7, 11) is 0. The van der Waals surface area contributed by atoms with E-state index in [4.69, 9.17) is 0 Å². The fraction of sp³-hybridized carbons (Fsp3) is 0.190. The molecule has 0 atom stereocenters. The number of halogens is 2. The van der Waals surface area contributed by atoms with Crippen LogP contribution in [0.5, 0.6) is 0 Å². The van der Waals surface area contributed by atoms with Crippen molar-refractivity contribution in [2.75, 3.05) is 16.7 Å². The number of pyridine rings is 1. The molecule has 0 unspecified atom stereocenters. The number of aromatic nitrogens is 5. The summed E-state index contributed by atoms with van der Waals surface area (Å²) in [5, 5.41) is 7.74. The lowest BCUT2D eigenvalue weighted by Crippen LogP contribution is -2.08. The molecule has 0 fully saturated rings. The molecular formula is C21H18F2N6OS2. The lowest BCUT2D eigenvalue weighted by atomic mass is 10.0. The van der Waals surface area contributed by atoms with Gasteiger partial charge < -0.3 is 4.72 Å². The van der Waals surface area contributed by atoms with E-state index in [0.717, 1.165) is 18.6 Å². The molecule has 0 spiro atoms. The van der Waals surface area contributed by atoms with Crippen molar-refractivity contribution in [2.45, 2.75) is 18.5 Å². The molecule has 0 aliphatic carbocycles. The third-order valence-corrected chi connectivity index (χ3v) is 6.13. The summed E-state index contributed by atoms with van der Waals surface area (Å²) in [5.41, 5.74) is 1.15. The van der Waals surface area contributed by atoms with Gasteiger partial charge in [-0.05, 0) is 30.9 Å². The number of nitrogens with one attached hydrogen (secondary N) is 2. The summed E-state index contributed by atoms with van der Waals surface area (Å²) in [5.74, 6) is -1.71. The number of benzene rings is 1. The zero-order valence-corrected chi connectivity index (χ0v) is 18.8. The van der Waals surface area contributed by atoms with Crippen LogP contribution in [0, 0.1) is 11.6 Å². The highest BCUT2D eigenvalue weighted by Gasteiger charge is 2.23. The number of thioether (sulfide) groups is 1. The second kappa shape index (κ2) is 9.61. The molecule has 0 bridgehead atoms. The van der Waals surface area contributed by atoms with Gasteiger partial charge in [-0.2, -0.15) is 5.10 Å². The van der Waals surface area contributed by atoms with E-state index in [2.05, 4.69) is 29.9 Å². The number of nitrogens with zero attached hydrogens (tertiary/aromatic N) is 4. The van der Waals surface area contributed by atoms with Gasteiger partial charge >= 0.3 is 0 Å². The highest BCUT2D eigenvalue weighted by atomic mass is 32.2. The van der Waals surface area contributed by atoms with Crippen LogP contribution < -0.4 is 4.72 Å². The number of hydrogen-bond acceptors (Lipinski definition) is 8. The predicted molar refractivity (Wildman–Crippen MR) is 123 cm³/mol. The normalized spacial score (nSPS) is 11.1. The number of anilines is 1. The molecule has 0 aliphatic heterocycles. The molecule has 11 heteroatoms. The smallest absolute Gasteiger partial charge is 0.214 e. The standard InChI is InChI=1S/C21H18F2N6OS2/c1-3-6-32-29-18-15(22)5-4-13(16(18)23)19(30)17-14-7-11(8-24-20(14)28-27-17)12-9-25-21(31-2)26-10-12/h4-5,7-10,29H,3,6H2,1-2H3,(H,24,27,28). The number of carbonyl (C=O) groups is 1. The third kappa shape index (κ3) is 4.30. The Morgan fingerprint density at radius 1 is 1.12 bits per heavy atom. The minimum absolute atomic E-state index is 0.0636. The van der Waals surface area contributed by atoms with Gasteiger partial charge in [-0.1, -0.05) is 30.6 Å². The molecular weight excluding hydrogens is 454 g/mol. The topological polar surface area (TPSA) is 96.5 Å². The average molecular weight is 473 g/mol. The van der Waals surface area contributed by atoms with Crippen LogP contribution in [0.1, 0.15) is 29.4 Å². The fourth-order valence-corrected chi connectivity index (χ4v) is 3.94. The molecule has 4 rings (SSSR count). The highest BCUT2D eigenvalue weighted by Crippen LogP contribution is 2.29. The summed E-state index contributed by atoms with van der Waals surface area (Å²) < 4.78 is 31.8. The molecule has 0 aliphatic rings. The van der Waals surface area contributed by atoms with E-state index in [1.807, 2.05) is 13.2 Å². The van der Waals surface area contributed by atoms with Crippen LogP contribution in [-0.4, -0.2) is 42.9 Å². The molecule has 4 aromatic rings. The number of H-pyrrole nitrogens is 1. The van der Waals surface area contributed by atoms with Crippen molar-refractivity contribution in [3.05, 3.63) is 59.7 Å². The Balaban J connectivity index is 1.72. The first kappa shape index (κ1) is 22.2. The monoisotopic (exact) mass is 472 g/mol. The maximum absolute atomic E-state index is 15.0. The Kier molecular flexibility index (Phi) is 6.66. The van der Waals surface area contributed by atoms with Crippen molar-refractivity contribution in [1.82, 2.24) is 25.1 Å². The van der Waals surface area contributed by atoms with Crippen LogP contribution in [-0.2, 0) is 0 Å². The van der Waals surface area contributed by atoms with Crippen molar-refractivity contribution < 1.29 is 13.6 Å². The summed E-state index contributed by atoms with van der Waals surface area (Å²) in [6, 6.07) is 3.91. The second-order valence-electron chi connectivity index (χ2n) is 6.72. The van der Waals surface area contributed by atoms with Crippen LogP contribution in [0.2, 0.25) is 0 Å². The van der Waals surface area contributed by atoms with Crippen LogP contribution in [0.3, 0.4) is 0 Å². The number of ketones is 1. The first-order valence-electron chi connectivity index (χ1n) is 9.64. The van der Waals surface area contributed by atoms with Crippen LogP contribution in [0.25, 0.3) is 22.2 Å². The molecule has 1 aromatic carbocycles. The molecule has 0 saturated carbocycles. The van der Waals surface area contributed by atoms with Gasteiger partial charge in [0.25, 0.3) is 0 Å². The molecule has 7 nitrogen and oxygen atoms in total. The van der Waals surface area contributed by atoms with Gasteiger partial charge in [0.05, 0.1) is 10.9 Å². The first-order chi connectivity index (χ1) is 15.5. The maximum atomic E-state index is 15.0. The van der Waals surface area contributed by atoms with Crippen LogP contribution in [0.15, 0.2) is 41.9 Å². The molecule has 0 saturated heterocycles. The number of carbonyl (C=O) groups excluding carboxylic acids is 1. The number of fused-ring (bicyclic) bond motifs is 1. The molecule has 0 amide bonds. The van der Waals surface area contributed by atoms with Gasteiger partial charge in [0.2, 0.25) is 5.78 Å². The number of rotatable bonds is 8. The van der Waals surface area contributed by atoms with Crippen molar-refractivity contribution in [3.8, 4) is 11.1 Å². The van der Waals surface area contributed by atoms with Gasteiger partial charge in [-0.25, -0.2) is 23.7 Å². The van der Waals surface area contributed by atoms with Crippen molar-refractivity contribution in [2.24, 2.45) is 0 Å². The number of hydrogen-bond donors (Lipinski definition) is 2. The van der Waals surface area contributed by atoms with Crippen molar-refractivity contribution >= 4 is 46.2 Å². The third-order valence-electron chi connectivity index (χ3n) is 4.60. The average Bonchev–Trinajstić information content (AvgIpc) is 3.24. The van der Waals surface area contributed by atoms with E-state index in [1.165, 1.54) is 23.7 Å². The molecule has 0 radical (unpaired) electrons. The lowest BCUT2D eigenvalue weighted by molar-refractivity contribution is 0.103. The van der Waals surface area contributed by atoms with E-state index in [-0.39, 0.29) is 16.9 Å². The van der Waals surface area contributed by atoms with Gasteiger partial charge in [0.1, 0.15) is 17.2 Å².